The molecule has 0 saturated carbocycles. The van der Waals surface area contributed by atoms with Crippen molar-refractivity contribution in [1.29, 1.82) is 0 Å². The van der Waals surface area contributed by atoms with Crippen molar-refractivity contribution < 1.29 is 18.3 Å². The molecule has 4 nitrogen and oxygen atoms in total. The van der Waals surface area contributed by atoms with Gasteiger partial charge in [-0.15, -0.1) is 12.4 Å². The molecule has 2 unspecified atom stereocenters. The molecule has 2 N–H and O–H groups in total. The van der Waals surface area contributed by atoms with Crippen LogP contribution in [0.4, 0.5) is 8.78 Å². The second-order valence-corrected chi connectivity index (χ2v) is 6.60. The smallest absolute Gasteiger partial charge is 0.387 e. The van der Waals surface area contributed by atoms with Gasteiger partial charge in [0.05, 0.1) is 0 Å². The van der Waals surface area contributed by atoms with E-state index >= 15 is 0 Å². The molecule has 7 heteroatoms. The summed E-state index contributed by atoms with van der Waals surface area (Å²) < 4.78 is 29.4. The van der Waals surface area contributed by atoms with Gasteiger partial charge in [0.1, 0.15) is 5.75 Å². The van der Waals surface area contributed by atoms with Crippen LogP contribution in [-0.2, 0) is 0 Å². The predicted octanol–water partition coefficient (Wildman–Crippen LogP) is 3.34. The van der Waals surface area contributed by atoms with Gasteiger partial charge < -0.3 is 15.4 Å². The summed E-state index contributed by atoms with van der Waals surface area (Å²) in [6.45, 7) is 0.482. The molecule has 24 heavy (non-hydrogen) atoms. The van der Waals surface area contributed by atoms with Crippen molar-refractivity contribution in [2.75, 3.05) is 0 Å². The van der Waals surface area contributed by atoms with E-state index < -0.39 is 6.61 Å². The molecule has 0 radical (unpaired) electrons. The maximum absolute atomic E-state index is 12.5. The van der Waals surface area contributed by atoms with Crippen LogP contribution in [0.2, 0.25) is 0 Å². The van der Waals surface area contributed by atoms with Crippen LogP contribution in [0.3, 0.4) is 0 Å². The number of alkyl halides is 2. The number of carbonyl (C=O) groups excluding carboxylic acids is 1. The number of fused-ring (bicyclic) bond motifs is 2. The minimum atomic E-state index is -2.86. The van der Waals surface area contributed by atoms with E-state index in [-0.39, 0.29) is 30.1 Å². The molecule has 1 aromatic carbocycles. The summed E-state index contributed by atoms with van der Waals surface area (Å²) in [5, 5.41) is 6.62. The lowest BCUT2D eigenvalue weighted by Crippen LogP contribution is -2.48. The van der Waals surface area contributed by atoms with Crippen LogP contribution in [0.5, 0.6) is 5.75 Å². The number of rotatable bonds is 4. The SMILES string of the molecule is Cc1cc(C(=O)NC2CC3CCC(C2)N3)cc(C)c1OC(F)F.Cl. The van der Waals surface area contributed by atoms with Gasteiger partial charge in [-0.25, -0.2) is 0 Å². The van der Waals surface area contributed by atoms with Crippen molar-refractivity contribution in [3.63, 3.8) is 0 Å². The van der Waals surface area contributed by atoms with Gasteiger partial charge in [0, 0.05) is 23.7 Å². The molecule has 2 saturated heterocycles. The first-order valence-electron chi connectivity index (χ1n) is 8.05. The van der Waals surface area contributed by atoms with E-state index in [0.717, 1.165) is 12.8 Å². The van der Waals surface area contributed by atoms with Crippen LogP contribution in [0.1, 0.15) is 47.2 Å². The lowest BCUT2D eigenvalue weighted by Gasteiger charge is -2.29. The lowest BCUT2D eigenvalue weighted by molar-refractivity contribution is -0.0507. The summed E-state index contributed by atoms with van der Waals surface area (Å²) >= 11 is 0. The van der Waals surface area contributed by atoms with Crippen molar-refractivity contribution in [2.45, 2.75) is 64.3 Å². The van der Waals surface area contributed by atoms with E-state index in [4.69, 9.17) is 0 Å². The molecule has 2 aliphatic rings. The zero-order valence-corrected chi connectivity index (χ0v) is 14.6. The highest BCUT2D eigenvalue weighted by atomic mass is 35.5. The average molecular weight is 361 g/mol. The van der Waals surface area contributed by atoms with E-state index in [2.05, 4.69) is 15.4 Å². The van der Waals surface area contributed by atoms with Gasteiger partial charge in [0.2, 0.25) is 0 Å². The quantitative estimate of drug-likeness (QED) is 0.865. The van der Waals surface area contributed by atoms with E-state index in [1.807, 2.05) is 0 Å². The fraction of sp³-hybridized carbons (Fsp3) is 0.588. The van der Waals surface area contributed by atoms with Gasteiger partial charge in [-0.05, 0) is 62.8 Å². The number of piperidine rings is 1. The van der Waals surface area contributed by atoms with Crippen molar-refractivity contribution in [3.05, 3.63) is 28.8 Å². The molecule has 2 atom stereocenters. The molecular formula is C17H23ClF2N2O2. The van der Waals surface area contributed by atoms with Crippen LogP contribution in [0.25, 0.3) is 0 Å². The highest BCUT2D eigenvalue weighted by Gasteiger charge is 2.34. The van der Waals surface area contributed by atoms with Crippen molar-refractivity contribution in [2.24, 2.45) is 0 Å². The largest absolute Gasteiger partial charge is 0.434 e. The van der Waals surface area contributed by atoms with Gasteiger partial charge in [0.15, 0.2) is 0 Å². The number of aryl methyl sites for hydroxylation is 2. The Kier molecular flexibility index (Phi) is 6.04. The van der Waals surface area contributed by atoms with Crippen molar-refractivity contribution in [3.8, 4) is 5.75 Å². The van der Waals surface area contributed by atoms with Crippen LogP contribution in [-0.4, -0.2) is 30.6 Å². The fourth-order valence-electron chi connectivity index (χ4n) is 3.80. The summed E-state index contributed by atoms with van der Waals surface area (Å²) in [5.74, 6) is 0.00237. The van der Waals surface area contributed by atoms with E-state index in [9.17, 15) is 13.6 Å². The highest BCUT2D eigenvalue weighted by molar-refractivity contribution is 5.95. The van der Waals surface area contributed by atoms with E-state index in [1.165, 1.54) is 12.8 Å². The zero-order chi connectivity index (χ0) is 16.6. The number of hydrogen-bond acceptors (Lipinski definition) is 3. The number of benzene rings is 1. The molecule has 1 aromatic rings. The maximum atomic E-state index is 12.5. The number of carbonyl (C=O) groups is 1. The van der Waals surface area contributed by atoms with Crippen LogP contribution in [0.15, 0.2) is 12.1 Å². The summed E-state index contributed by atoms with van der Waals surface area (Å²) in [6, 6.07) is 4.40. The average Bonchev–Trinajstić information content (AvgIpc) is 2.81. The number of amides is 1. The van der Waals surface area contributed by atoms with Gasteiger partial charge in [-0.2, -0.15) is 8.78 Å². The molecule has 0 aliphatic carbocycles. The minimum Gasteiger partial charge on any atom is -0.434 e. The normalized spacial score (nSPS) is 25.3. The Labute approximate surface area is 146 Å². The Balaban J connectivity index is 0.00000208. The number of ether oxygens (including phenoxy) is 1. The van der Waals surface area contributed by atoms with Crippen molar-refractivity contribution in [1.82, 2.24) is 10.6 Å². The van der Waals surface area contributed by atoms with Gasteiger partial charge >= 0.3 is 6.61 Å². The zero-order valence-electron chi connectivity index (χ0n) is 13.8. The molecule has 2 heterocycles. The van der Waals surface area contributed by atoms with Gasteiger partial charge in [-0.1, -0.05) is 0 Å². The summed E-state index contributed by atoms with van der Waals surface area (Å²) in [7, 11) is 0. The first-order valence-corrected chi connectivity index (χ1v) is 8.05. The first-order chi connectivity index (χ1) is 10.9. The van der Waals surface area contributed by atoms with Crippen LogP contribution >= 0.6 is 12.4 Å². The Bertz CT molecular complexity index is 577. The van der Waals surface area contributed by atoms with E-state index in [1.54, 1.807) is 26.0 Å². The number of halogens is 3. The number of nitrogens with one attached hydrogen (secondary N) is 2. The molecule has 2 aliphatic heterocycles. The Hall–Kier alpha value is -1.40. The monoisotopic (exact) mass is 360 g/mol. The standard InChI is InChI=1S/C17H22F2N2O2.ClH/c1-9-5-11(6-10(2)15(9)23-17(18)19)16(22)21-14-7-12-3-4-13(8-14)20-12;/h5-6,12-14,17,20H,3-4,7-8H2,1-2H3,(H,21,22);1H. The molecule has 0 aromatic heterocycles. The van der Waals surface area contributed by atoms with Crippen molar-refractivity contribution >= 4 is 18.3 Å². The Morgan fingerprint density at radius 1 is 1.21 bits per heavy atom. The molecule has 2 fully saturated rings. The molecule has 134 valence electrons. The third-order valence-corrected chi connectivity index (χ3v) is 4.74. The van der Waals surface area contributed by atoms with Gasteiger partial charge in [0.25, 0.3) is 5.91 Å². The minimum absolute atomic E-state index is 0. The Morgan fingerprint density at radius 2 is 1.75 bits per heavy atom. The van der Waals surface area contributed by atoms with Gasteiger partial charge in [-0.3, -0.25) is 4.79 Å². The fourth-order valence-corrected chi connectivity index (χ4v) is 3.80. The second kappa shape index (κ2) is 7.66. The van der Waals surface area contributed by atoms with Crippen LogP contribution < -0.4 is 15.4 Å². The predicted molar refractivity (Wildman–Crippen MR) is 90.2 cm³/mol. The molecule has 3 rings (SSSR count). The third-order valence-electron chi connectivity index (χ3n) is 4.74. The number of hydrogen-bond donors (Lipinski definition) is 2. The van der Waals surface area contributed by atoms with Crippen LogP contribution in [0, 0.1) is 13.8 Å². The summed E-state index contributed by atoms with van der Waals surface area (Å²) in [5.41, 5.74) is 1.58. The summed E-state index contributed by atoms with van der Waals surface area (Å²) in [6.07, 6.45) is 4.25. The second-order valence-electron chi connectivity index (χ2n) is 6.60. The maximum Gasteiger partial charge on any atom is 0.387 e. The highest BCUT2D eigenvalue weighted by Crippen LogP contribution is 2.28. The molecular weight excluding hydrogens is 338 g/mol. The van der Waals surface area contributed by atoms with E-state index in [0.29, 0.717) is 28.8 Å². The molecule has 0 spiro atoms. The third kappa shape index (κ3) is 4.16. The molecule has 2 bridgehead atoms. The topological polar surface area (TPSA) is 50.4 Å². The summed E-state index contributed by atoms with van der Waals surface area (Å²) in [4.78, 5) is 12.5. The lowest BCUT2D eigenvalue weighted by atomic mass is 9.99. The Morgan fingerprint density at radius 3 is 2.25 bits per heavy atom. The first kappa shape index (κ1) is 18.9. The molecule has 1 amide bonds.